The number of aromatic amines is 1. The van der Waals surface area contributed by atoms with Gasteiger partial charge in [0.05, 0.1) is 18.2 Å². The lowest BCUT2D eigenvalue weighted by Crippen LogP contribution is -2.34. The van der Waals surface area contributed by atoms with Crippen molar-refractivity contribution in [3.05, 3.63) is 41.2 Å². The minimum atomic E-state index is -0.195. The Balaban J connectivity index is 2.18. The van der Waals surface area contributed by atoms with Crippen molar-refractivity contribution < 1.29 is 9.90 Å². The molecule has 0 saturated carbocycles. The average molecular weight is 283 g/mol. The Hall–Kier alpha value is -1.79. The van der Waals surface area contributed by atoms with Gasteiger partial charge in [0.1, 0.15) is 11.5 Å². The summed E-state index contributed by atoms with van der Waals surface area (Å²) in [6.07, 6.45) is 4.98. The molecule has 0 aliphatic rings. The van der Waals surface area contributed by atoms with Gasteiger partial charge in [0.25, 0.3) is 5.91 Å². The summed E-state index contributed by atoms with van der Waals surface area (Å²) in [5.41, 5.74) is 0.477. The highest BCUT2D eigenvalue weighted by atomic mass is 35.5. The van der Waals surface area contributed by atoms with E-state index in [-0.39, 0.29) is 19.1 Å². The highest BCUT2D eigenvalue weighted by molar-refractivity contribution is 6.31. The molecule has 0 radical (unpaired) electrons. The number of aryl methyl sites for hydroxylation is 1. The van der Waals surface area contributed by atoms with Crippen LogP contribution in [0.15, 0.2) is 24.7 Å². The van der Waals surface area contributed by atoms with Crippen molar-refractivity contribution in [1.82, 2.24) is 19.4 Å². The third kappa shape index (κ3) is 3.15. The van der Waals surface area contributed by atoms with E-state index in [0.29, 0.717) is 23.1 Å². The number of rotatable bonds is 5. The summed E-state index contributed by atoms with van der Waals surface area (Å²) in [6.45, 7) is 0.447. The van der Waals surface area contributed by atoms with Crippen molar-refractivity contribution in [2.75, 3.05) is 13.2 Å². The Labute approximate surface area is 115 Å². The monoisotopic (exact) mass is 282 g/mol. The predicted molar refractivity (Wildman–Crippen MR) is 70.8 cm³/mol. The number of hydrogen-bond acceptors (Lipinski definition) is 3. The number of carbonyl (C=O) groups is 1. The summed E-state index contributed by atoms with van der Waals surface area (Å²) in [6, 6.07) is 1.61. The lowest BCUT2D eigenvalue weighted by molar-refractivity contribution is 0.0694. The second kappa shape index (κ2) is 5.90. The summed E-state index contributed by atoms with van der Waals surface area (Å²) in [5, 5.41) is 9.59. The highest BCUT2D eigenvalue weighted by Gasteiger charge is 2.19. The van der Waals surface area contributed by atoms with E-state index in [2.05, 4.69) is 9.97 Å². The fraction of sp³-hybridized carbons (Fsp3) is 0.333. The first-order chi connectivity index (χ1) is 9.11. The number of carbonyl (C=O) groups excluding carboxylic acids is 1. The number of nitrogens with one attached hydrogen (secondary N) is 1. The van der Waals surface area contributed by atoms with Crippen LogP contribution in [-0.2, 0) is 13.6 Å². The minimum absolute atomic E-state index is 0.107. The summed E-state index contributed by atoms with van der Waals surface area (Å²) >= 11 is 5.87. The maximum Gasteiger partial charge on any atom is 0.271 e. The van der Waals surface area contributed by atoms with Gasteiger partial charge in [0.15, 0.2) is 0 Å². The third-order valence-corrected chi connectivity index (χ3v) is 2.95. The molecular weight excluding hydrogens is 268 g/mol. The predicted octanol–water partition coefficient (Wildman–Crippen LogP) is 1.04. The maximum absolute atomic E-state index is 12.4. The van der Waals surface area contributed by atoms with Gasteiger partial charge in [-0.2, -0.15) is 0 Å². The highest BCUT2D eigenvalue weighted by Crippen LogP contribution is 2.15. The van der Waals surface area contributed by atoms with Crippen LogP contribution < -0.4 is 0 Å². The molecular formula is C12H15ClN4O2. The molecule has 0 fully saturated rings. The van der Waals surface area contributed by atoms with E-state index in [4.69, 9.17) is 16.7 Å². The van der Waals surface area contributed by atoms with Crippen molar-refractivity contribution in [3.63, 3.8) is 0 Å². The van der Waals surface area contributed by atoms with Crippen LogP contribution in [0.4, 0.5) is 0 Å². The molecule has 0 aliphatic heterocycles. The van der Waals surface area contributed by atoms with Crippen molar-refractivity contribution in [2.45, 2.75) is 6.54 Å². The maximum atomic E-state index is 12.4. The number of H-pyrrole nitrogens is 1. The number of imidazole rings is 1. The zero-order valence-electron chi connectivity index (χ0n) is 10.5. The minimum Gasteiger partial charge on any atom is -0.395 e. The van der Waals surface area contributed by atoms with Crippen molar-refractivity contribution >= 4 is 17.5 Å². The molecule has 2 heterocycles. The number of nitrogens with zero attached hydrogens (tertiary/aromatic N) is 3. The second-order valence-electron chi connectivity index (χ2n) is 4.14. The number of aliphatic hydroxyl groups is 1. The fourth-order valence-electron chi connectivity index (χ4n) is 1.84. The fourth-order valence-corrected chi connectivity index (χ4v) is 2.09. The van der Waals surface area contributed by atoms with Gasteiger partial charge in [-0.1, -0.05) is 11.6 Å². The number of halogens is 1. The molecule has 0 spiro atoms. The summed E-state index contributed by atoms with van der Waals surface area (Å²) in [7, 11) is 1.75. The van der Waals surface area contributed by atoms with E-state index in [9.17, 15) is 4.79 Å². The molecule has 0 bridgehead atoms. The molecule has 6 nitrogen and oxygen atoms in total. The second-order valence-corrected chi connectivity index (χ2v) is 4.58. The van der Waals surface area contributed by atoms with Gasteiger partial charge < -0.3 is 19.6 Å². The topological polar surface area (TPSA) is 74.2 Å². The Bertz CT molecular complexity index is 550. The molecule has 2 aromatic heterocycles. The Morgan fingerprint density at radius 1 is 1.63 bits per heavy atom. The van der Waals surface area contributed by atoms with Crippen LogP contribution >= 0.6 is 11.6 Å². The van der Waals surface area contributed by atoms with E-state index in [1.54, 1.807) is 36.3 Å². The lowest BCUT2D eigenvalue weighted by atomic mass is 10.3. The first-order valence-corrected chi connectivity index (χ1v) is 6.20. The molecule has 0 aromatic carbocycles. The van der Waals surface area contributed by atoms with Gasteiger partial charge in [-0.3, -0.25) is 4.79 Å². The normalized spacial score (nSPS) is 10.7. The Morgan fingerprint density at radius 2 is 2.42 bits per heavy atom. The van der Waals surface area contributed by atoms with Gasteiger partial charge in [-0.05, 0) is 6.07 Å². The van der Waals surface area contributed by atoms with Crippen LogP contribution in [0.1, 0.15) is 16.3 Å². The number of aromatic nitrogens is 3. The summed E-state index contributed by atoms with van der Waals surface area (Å²) < 4.78 is 1.66. The van der Waals surface area contributed by atoms with Gasteiger partial charge in [0, 0.05) is 32.2 Å². The number of amides is 1. The average Bonchev–Trinajstić information content (AvgIpc) is 2.97. The van der Waals surface area contributed by atoms with E-state index in [1.165, 1.54) is 4.90 Å². The molecule has 0 aliphatic carbocycles. The van der Waals surface area contributed by atoms with Crippen molar-refractivity contribution in [2.24, 2.45) is 7.05 Å². The smallest absolute Gasteiger partial charge is 0.271 e. The van der Waals surface area contributed by atoms with Crippen LogP contribution in [0, 0.1) is 0 Å². The molecule has 2 aromatic rings. The van der Waals surface area contributed by atoms with E-state index in [1.807, 2.05) is 0 Å². The molecule has 2 N–H and O–H groups in total. The number of hydrogen-bond donors (Lipinski definition) is 2. The van der Waals surface area contributed by atoms with Crippen LogP contribution in [0.5, 0.6) is 0 Å². The third-order valence-electron chi connectivity index (χ3n) is 2.74. The summed E-state index contributed by atoms with van der Waals surface area (Å²) in [5.74, 6) is 0.474. The molecule has 0 unspecified atom stereocenters. The van der Waals surface area contributed by atoms with Crippen LogP contribution in [0.2, 0.25) is 5.02 Å². The molecule has 19 heavy (non-hydrogen) atoms. The Kier molecular flexibility index (Phi) is 4.24. The van der Waals surface area contributed by atoms with Gasteiger partial charge in [-0.15, -0.1) is 0 Å². The number of aliphatic hydroxyl groups excluding tert-OH is 1. The molecule has 102 valence electrons. The van der Waals surface area contributed by atoms with E-state index in [0.717, 1.165) is 0 Å². The molecule has 1 amide bonds. The SMILES string of the molecule is Cn1cc(Cl)cc1C(=O)N(CCO)Cc1ncc[nH]1. The first-order valence-electron chi connectivity index (χ1n) is 5.82. The van der Waals surface area contributed by atoms with Crippen molar-refractivity contribution in [1.29, 1.82) is 0 Å². The summed E-state index contributed by atoms with van der Waals surface area (Å²) in [4.78, 5) is 20.9. The zero-order valence-corrected chi connectivity index (χ0v) is 11.3. The quantitative estimate of drug-likeness (QED) is 0.860. The van der Waals surface area contributed by atoms with Gasteiger partial charge >= 0.3 is 0 Å². The Morgan fingerprint density at radius 3 is 2.95 bits per heavy atom. The van der Waals surface area contributed by atoms with E-state index >= 15 is 0 Å². The standard InChI is InChI=1S/C12H15ClN4O2/c1-16-7-9(13)6-10(16)12(19)17(4-5-18)8-11-14-2-3-15-11/h2-3,6-7,18H,4-5,8H2,1H3,(H,14,15). The van der Waals surface area contributed by atoms with Gasteiger partial charge in [-0.25, -0.2) is 4.98 Å². The van der Waals surface area contributed by atoms with Crippen molar-refractivity contribution in [3.8, 4) is 0 Å². The first kappa shape index (κ1) is 13.6. The lowest BCUT2D eigenvalue weighted by Gasteiger charge is -2.20. The molecule has 0 saturated heterocycles. The molecule has 7 heteroatoms. The molecule has 2 rings (SSSR count). The van der Waals surface area contributed by atoms with Gasteiger partial charge in [0.2, 0.25) is 0 Å². The van der Waals surface area contributed by atoms with Crippen LogP contribution in [0.25, 0.3) is 0 Å². The van der Waals surface area contributed by atoms with E-state index < -0.39 is 0 Å². The van der Waals surface area contributed by atoms with Crippen LogP contribution in [0.3, 0.4) is 0 Å². The van der Waals surface area contributed by atoms with Crippen LogP contribution in [-0.4, -0.2) is 43.6 Å². The molecule has 0 atom stereocenters. The zero-order chi connectivity index (χ0) is 13.8. The largest absolute Gasteiger partial charge is 0.395 e.